The van der Waals surface area contributed by atoms with Gasteiger partial charge in [-0.15, -0.1) is 0 Å². The molecule has 34 heavy (non-hydrogen) atoms. The lowest BCUT2D eigenvalue weighted by Crippen LogP contribution is -2.46. The number of fused-ring (bicyclic) bond motifs is 1. The molecule has 1 aliphatic heterocycles. The zero-order chi connectivity index (χ0) is 24.2. The van der Waals surface area contributed by atoms with Crippen LogP contribution in [0.2, 0.25) is 0 Å². The number of hydrogen-bond donors (Lipinski definition) is 1. The molecule has 2 amide bonds. The molecule has 1 N–H and O–H groups in total. The van der Waals surface area contributed by atoms with Gasteiger partial charge in [-0.05, 0) is 53.6 Å². The van der Waals surface area contributed by atoms with Crippen LogP contribution in [0.3, 0.4) is 0 Å². The maximum atomic E-state index is 13.5. The van der Waals surface area contributed by atoms with Gasteiger partial charge in [-0.3, -0.25) is 14.4 Å². The molecule has 7 heteroatoms. The molecule has 0 unspecified atom stereocenters. The van der Waals surface area contributed by atoms with Crippen molar-refractivity contribution in [3.05, 3.63) is 95.1 Å². The molecule has 0 saturated carbocycles. The fraction of sp³-hybridized carbons (Fsp3) is 0.222. The Hall–Kier alpha value is -4.13. The third-order valence-corrected chi connectivity index (χ3v) is 6.15. The second kappa shape index (κ2) is 9.79. The molecule has 0 aliphatic carbocycles. The van der Waals surface area contributed by atoms with Crippen LogP contribution in [-0.2, 0) is 4.79 Å². The number of benzene rings is 3. The summed E-state index contributed by atoms with van der Waals surface area (Å²) in [5.74, 6) is -0.0554. The lowest BCUT2D eigenvalue weighted by Gasteiger charge is -2.39. The molecule has 174 valence electrons. The number of ketones is 1. The molecule has 4 rings (SSSR count). The first kappa shape index (κ1) is 23.0. The molecule has 0 spiro atoms. The average Bonchev–Trinajstić information content (AvgIpc) is 2.89. The Balaban J connectivity index is 1.63. The highest BCUT2D eigenvalue weighted by Crippen LogP contribution is 2.42. The normalized spacial score (nSPS) is 17.0. The summed E-state index contributed by atoms with van der Waals surface area (Å²) in [6.45, 7) is -0.156. The molecule has 1 aliphatic rings. The van der Waals surface area contributed by atoms with Crippen LogP contribution in [0.15, 0.2) is 72.8 Å². The second-order valence-corrected chi connectivity index (χ2v) is 8.07. The molecule has 0 bridgehead atoms. The summed E-state index contributed by atoms with van der Waals surface area (Å²) in [6.07, 6.45) is 0. The molecule has 3 aromatic carbocycles. The molecule has 1 heterocycles. The van der Waals surface area contributed by atoms with Crippen LogP contribution in [-0.4, -0.2) is 50.3 Å². The van der Waals surface area contributed by atoms with Crippen molar-refractivity contribution in [3.8, 4) is 11.5 Å². The van der Waals surface area contributed by atoms with E-state index in [2.05, 4.69) is 5.32 Å². The van der Waals surface area contributed by atoms with E-state index in [1.54, 1.807) is 80.8 Å². The summed E-state index contributed by atoms with van der Waals surface area (Å²) in [5.41, 5.74) is 2.40. The van der Waals surface area contributed by atoms with Crippen LogP contribution in [0.4, 0.5) is 0 Å². The minimum absolute atomic E-state index is 0.156. The lowest BCUT2D eigenvalue weighted by atomic mass is 9.79. The van der Waals surface area contributed by atoms with Crippen molar-refractivity contribution in [2.24, 2.45) is 0 Å². The van der Waals surface area contributed by atoms with Crippen molar-refractivity contribution >= 4 is 17.6 Å². The third kappa shape index (κ3) is 4.37. The van der Waals surface area contributed by atoms with Gasteiger partial charge in [0.2, 0.25) is 5.91 Å². The zero-order valence-corrected chi connectivity index (χ0v) is 19.3. The molecule has 0 fully saturated rings. The molecule has 0 saturated heterocycles. The van der Waals surface area contributed by atoms with E-state index in [-0.39, 0.29) is 24.1 Å². The molecule has 0 radical (unpaired) electrons. The topological polar surface area (TPSA) is 84.9 Å². The van der Waals surface area contributed by atoms with E-state index in [1.165, 1.54) is 0 Å². The van der Waals surface area contributed by atoms with Gasteiger partial charge in [0.15, 0.2) is 5.78 Å². The number of hydrogen-bond acceptors (Lipinski definition) is 5. The second-order valence-electron chi connectivity index (χ2n) is 8.07. The third-order valence-electron chi connectivity index (χ3n) is 6.15. The molecular formula is C27H26N2O5. The Morgan fingerprint density at radius 2 is 1.47 bits per heavy atom. The maximum Gasteiger partial charge on any atom is 0.254 e. The number of nitrogens with zero attached hydrogens (tertiary/aromatic N) is 1. The van der Waals surface area contributed by atoms with Gasteiger partial charge >= 0.3 is 0 Å². The molecule has 0 aromatic heterocycles. The van der Waals surface area contributed by atoms with Crippen molar-refractivity contribution in [2.75, 3.05) is 27.8 Å². The number of likely N-dealkylation sites (N-methyl/N-ethyl adjacent to an activating group) is 1. The summed E-state index contributed by atoms with van der Waals surface area (Å²) < 4.78 is 10.4. The Kier molecular flexibility index (Phi) is 6.63. The van der Waals surface area contributed by atoms with Crippen LogP contribution in [0.25, 0.3) is 0 Å². The van der Waals surface area contributed by atoms with Gasteiger partial charge < -0.3 is 19.7 Å². The summed E-state index contributed by atoms with van der Waals surface area (Å²) in [5, 5.41) is 2.80. The first-order chi connectivity index (χ1) is 16.4. The number of carbonyl (C=O) groups excluding carboxylic acids is 3. The van der Waals surface area contributed by atoms with Gasteiger partial charge in [0.1, 0.15) is 11.5 Å². The maximum absolute atomic E-state index is 13.5. The Morgan fingerprint density at radius 3 is 2.09 bits per heavy atom. The first-order valence-electron chi connectivity index (χ1n) is 10.9. The number of Topliss-reactive ketones (excluding diaryl/α,β-unsaturated/α-hetero) is 1. The molecule has 3 aromatic rings. The van der Waals surface area contributed by atoms with E-state index in [4.69, 9.17) is 9.47 Å². The van der Waals surface area contributed by atoms with E-state index in [0.717, 1.165) is 5.56 Å². The van der Waals surface area contributed by atoms with Gasteiger partial charge in [-0.1, -0.05) is 30.3 Å². The van der Waals surface area contributed by atoms with Gasteiger partial charge in [0, 0.05) is 18.2 Å². The molecule has 7 nitrogen and oxygen atoms in total. The fourth-order valence-electron chi connectivity index (χ4n) is 4.33. The molecular weight excluding hydrogens is 432 g/mol. The van der Waals surface area contributed by atoms with Crippen molar-refractivity contribution in [2.45, 2.75) is 12.0 Å². The van der Waals surface area contributed by atoms with Crippen LogP contribution < -0.4 is 14.8 Å². The summed E-state index contributed by atoms with van der Waals surface area (Å²) in [4.78, 5) is 40.9. The van der Waals surface area contributed by atoms with Crippen molar-refractivity contribution in [1.29, 1.82) is 0 Å². The number of ether oxygens (including phenoxy) is 2. The predicted molar refractivity (Wildman–Crippen MR) is 127 cm³/mol. The number of nitrogens with one attached hydrogen (secondary N) is 1. The largest absolute Gasteiger partial charge is 0.497 e. The van der Waals surface area contributed by atoms with Crippen molar-refractivity contribution < 1.29 is 23.9 Å². The monoisotopic (exact) mass is 458 g/mol. The van der Waals surface area contributed by atoms with E-state index < -0.39 is 12.0 Å². The number of amides is 2. The predicted octanol–water partition coefficient (Wildman–Crippen LogP) is 3.61. The minimum atomic E-state index is -0.684. The van der Waals surface area contributed by atoms with Gasteiger partial charge in [0.05, 0.1) is 32.7 Å². The Morgan fingerprint density at radius 1 is 0.882 bits per heavy atom. The lowest BCUT2D eigenvalue weighted by molar-refractivity contribution is -0.123. The SMILES string of the molecule is COc1ccc(C(=O)CNC(=O)[C@H]2c3ccccc3C(=O)N(C)[C@H]2c2ccc(OC)cc2)cc1. The highest BCUT2D eigenvalue weighted by atomic mass is 16.5. The van der Waals surface area contributed by atoms with Crippen LogP contribution in [0, 0.1) is 0 Å². The number of methoxy groups -OCH3 is 2. The van der Waals surface area contributed by atoms with Gasteiger partial charge in [-0.2, -0.15) is 0 Å². The van der Waals surface area contributed by atoms with Gasteiger partial charge in [-0.25, -0.2) is 0 Å². The van der Waals surface area contributed by atoms with Crippen LogP contribution >= 0.6 is 0 Å². The summed E-state index contributed by atoms with van der Waals surface area (Å²) in [6, 6.07) is 20.6. The first-order valence-corrected chi connectivity index (χ1v) is 10.9. The summed E-state index contributed by atoms with van der Waals surface area (Å²) in [7, 11) is 4.83. The quantitative estimate of drug-likeness (QED) is 0.547. The van der Waals surface area contributed by atoms with E-state index in [1.807, 2.05) is 18.2 Å². The molecule has 2 atom stereocenters. The minimum Gasteiger partial charge on any atom is -0.497 e. The van der Waals surface area contributed by atoms with E-state index in [9.17, 15) is 14.4 Å². The Bertz CT molecular complexity index is 1200. The standard InChI is InChI=1S/C27H26N2O5/c1-29-25(18-10-14-20(34-3)15-11-18)24(21-6-4-5-7-22(21)27(29)32)26(31)28-16-23(30)17-8-12-19(33-2)13-9-17/h4-15,24-25H,16H2,1-3H3,(H,28,31)/t24-,25-/m0/s1. The Labute approximate surface area is 198 Å². The zero-order valence-electron chi connectivity index (χ0n) is 19.3. The van der Waals surface area contributed by atoms with Gasteiger partial charge in [0.25, 0.3) is 5.91 Å². The van der Waals surface area contributed by atoms with Crippen LogP contribution in [0.5, 0.6) is 11.5 Å². The van der Waals surface area contributed by atoms with E-state index in [0.29, 0.717) is 28.2 Å². The van der Waals surface area contributed by atoms with Crippen molar-refractivity contribution in [1.82, 2.24) is 10.2 Å². The van der Waals surface area contributed by atoms with Crippen LogP contribution in [0.1, 0.15) is 43.8 Å². The summed E-state index contributed by atoms with van der Waals surface area (Å²) >= 11 is 0. The highest BCUT2D eigenvalue weighted by molar-refractivity contribution is 6.03. The average molecular weight is 459 g/mol. The highest BCUT2D eigenvalue weighted by Gasteiger charge is 2.42. The van der Waals surface area contributed by atoms with Crippen molar-refractivity contribution in [3.63, 3.8) is 0 Å². The number of rotatable bonds is 7. The number of carbonyl (C=O) groups is 3. The smallest absolute Gasteiger partial charge is 0.254 e. The fourth-order valence-corrected chi connectivity index (χ4v) is 4.33. The van der Waals surface area contributed by atoms with E-state index >= 15 is 0 Å².